The Morgan fingerprint density at radius 2 is 1.91 bits per heavy atom. The van der Waals surface area contributed by atoms with Gasteiger partial charge in [-0.25, -0.2) is 0 Å². The fourth-order valence-corrected chi connectivity index (χ4v) is 6.69. The minimum Gasteiger partial charge on any atom is -0.389 e. The van der Waals surface area contributed by atoms with Crippen LogP contribution in [0, 0.1) is 28.6 Å². The second kappa shape index (κ2) is 4.81. The zero-order valence-electron chi connectivity index (χ0n) is 14.8. The van der Waals surface area contributed by atoms with E-state index in [0.717, 1.165) is 32.1 Å². The number of hydrogen-bond donors (Lipinski definition) is 1. The molecule has 0 radical (unpaired) electrons. The number of hydrogen-bond acceptors (Lipinski definition) is 2. The first kappa shape index (κ1) is 15.6. The summed E-state index contributed by atoms with van der Waals surface area (Å²) in [6.07, 6.45) is 13.6. The van der Waals surface area contributed by atoms with Crippen molar-refractivity contribution < 1.29 is 9.90 Å². The molecular formula is C21H30O2. The van der Waals surface area contributed by atoms with E-state index in [1.165, 1.54) is 12.0 Å². The van der Waals surface area contributed by atoms with Gasteiger partial charge in [0.2, 0.25) is 0 Å². The lowest BCUT2D eigenvalue weighted by Crippen LogP contribution is -2.53. The summed E-state index contributed by atoms with van der Waals surface area (Å²) < 4.78 is 0. The summed E-state index contributed by atoms with van der Waals surface area (Å²) in [6.45, 7) is 6.87. The van der Waals surface area contributed by atoms with E-state index < -0.39 is 5.60 Å². The van der Waals surface area contributed by atoms with Crippen LogP contribution in [-0.2, 0) is 4.79 Å². The molecule has 2 nitrogen and oxygen atoms in total. The van der Waals surface area contributed by atoms with Crippen molar-refractivity contribution in [2.45, 2.75) is 71.3 Å². The number of rotatable bonds is 1. The van der Waals surface area contributed by atoms with Gasteiger partial charge >= 0.3 is 0 Å². The summed E-state index contributed by atoms with van der Waals surface area (Å²) in [5, 5.41) is 11.2. The lowest BCUT2D eigenvalue weighted by atomic mass is 9.48. The highest BCUT2D eigenvalue weighted by atomic mass is 16.3. The smallest absolute Gasteiger partial charge is 0.156 e. The number of ketones is 1. The van der Waals surface area contributed by atoms with Crippen LogP contribution >= 0.6 is 0 Å². The molecule has 0 amide bonds. The largest absolute Gasteiger partial charge is 0.389 e. The van der Waals surface area contributed by atoms with Gasteiger partial charge in [0.05, 0.1) is 5.60 Å². The van der Waals surface area contributed by atoms with Crippen LogP contribution in [0.1, 0.15) is 65.7 Å². The van der Waals surface area contributed by atoms with Crippen LogP contribution in [0.2, 0.25) is 0 Å². The van der Waals surface area contributed by atoms with Crippen molar-refractivity contribution in [2.24, 2.45) is 28.6 Å². The summed E-state index contributed by atoms with van der Waals surface area (Å²) in [4.78, 5) is 11.8. The average Bonchev–Trinajstić information content (AvgIpc) is 2.80. The molecule has 0 spiro atoms. The molecule has 0 aliphatic heterocycles. The Balaban J connectivity index is 1.74. The molecular weight excluding hydrogens is 284 g/mol. The number of carbonyl (C=O) groups excluding carboxylic acids is 1. The minimum absolute atomic E-state index is 0.0648. The Morgan fingerprint density at radius 3 is 2.65 bits per heavy atom. The molecule has 0 saturated heterocycles. The summed E-state index contributed by atoms with van der Waals surface area (Å²) in [5.41, 5.74) is 1.02. The van der Waals surface area contributed by atoms with Crippen molar-refractivity contribution in [2.75, 3.05) is 0 Å². The average molecular weight is 314 g/mol. The maximum atomic E-state index is 11.8. The van der Waals surface area contributed by atoms with Crippen LogP contribution in [0.15, 0.2) is 23.8 Å². The monoisotopic (exact) mass is 314 g/mol. The Labute approximate surface area is 140 Å². The number of allylic oxidation sites excluding steroid dienone is 4. The molecule has 2 fully saturated rings. The zero-order chi connectivity index (χ0) is 16.5. The molecule has 1 N–H and O–H groups in total. The molecule has 4 aliphatic carbocycles. The van der Waals surface area contributed by atoms with Crippen molar-refractivity contribution in [3.05, 3.63) is 23.8 Å². The Kier molecular flexibility index (Phi) is 3.27. The highest BCUT2D eigenvalue weighted by Crippen LogP contribution is 2.66. The van der Waals surface area contributed by atoms with E-state index in [1.54, 1.807) is 0 Å². The fraction of sp³-hybridized carbons (Fsp3) is 0.762. The molecule has 126 valence electrons. The van der Waals surface area contributed by atoms with E-state index in [2.05, 4.69) is 32.9 Å². The lowest BCUT2D eigenvalue weighted by molar-refractivity contribution is -0.120. The SMILES string of the molecule is CC[C@@]1(O)CC[C@H]2[C@@H]3C=CC4=CC(=O)CC[C@]4(C)[C@H]3CC[C@@]21C. The number of carbonyl (C=O) groups is 1. The summed E-state index contributed by atoms with van der Waals surface area (Å²) in [6, 6.07) is 0. The summed E-state index contributed by atoms with van der Waals surface area (Å²) in [5.74, 6) is 2.11. The van der Waals surface area contributed by atoms with E-state index >= 15 is 0 Å². The molecule has 4 aliphatic rings. The van der Waals surface area contributed by atoms with Gasteiger partial charge in [-0.15, -0.1) is 0 Å². The van der Waals surface area contributed by atoms with Crippen molar-refractivity contribution in [1.29, 1.82) is 0 Å². The van der Waals surface area contributed by atoms with Gasteiger partial charge < -0.3 is 5.11 Å². The lowest BCUT2D eigenvalue weighted by Gasteiger charge is -2.57. The first-order chi connectivity index (χ1) is 10.8. The molecule has 0 aromatic carbocycles. The topological polar surface area (TPSA) is 37.3 Å². The van der Waals surface area contributed by atoms with Gasteiger partial charge in [-0.2, -0.15) is 0 Å². The van der Waals surface area contributed by atoms with E-state index in [1.807, 2.05) is 6.08 Å². The molecule has 0 bridgehead atoms. The van der Waals surface area contributed by atoms with Gasteiger partial charge in [0, 0.05) is 6.42 Å². The molecule has 2 heteroatoms. The molecule has 6 atom stereocenters. The number of fused-ring (bicyclic) bond motifs is 5. The van der Waals surface area contributed by atoms with Gasteiger partial charge in [0.25, 0.3) is 0 Å². The van der Waals surface area contributed by atoms with Gasteiger partial charge in [-0.1, -0.05) is 32.9 Å². The molecule has 0 aromatic rings. The summed E-state index contributed by atoms with van der Waals surface area (Å²) in [7, 11) is 0. The fourth-order valence-electron chi connectivity index (χ4n) is 6.69. The van der Waals surface area contributed by atoms with E-state index in [0.29, 0.717) is 30.0 Å². The van der Waals surface area contributed by atoms with Crippen molar-refractivity contribution in [1.82, 2.24) is 0 Å². The van der Waals surface area contributed by atoms with Crippen LogP contribution in [-0.4, -0.2) is 16.5 Å². The number of aliphatic hydroxyl groups is 1. The molecule has 0 unspecified atom stereocenters. The normalized spacial score (nSPS) is 51.7. The first-order valence-corrected chi connectivity index (χ1v) is 9.50. The van der Waals surface area contributed by atoms with Gasteiger partial charge in [-0.05, 0) is 78.8 Å². The highest BCUT2D eigenvalue weighted by molar-refractivity contribution is 5.92. The van der Waals surface area contributed by atoms with Crippen LogP contribution in [0.5, 0.6) is 0 Å². The first-order valence-electron chi connectivity index (χ1n) is 9.50. The molecule has 23 heavy (non-hydrogen) atoms. The molecule has 0 heterocycles. The van der Waals surface area contributed by atoms with Gasteiger partial charge in [0.15, 0.2) is 5.78 Å². The molecule has 4 rings (SSSR count). The maximum Gasteiger partial charge on any atom is 0.156 e. The zero-order valence-corrected chi connectivity index (χ0v) is 14.8. The predicted molar refractivity (Wildman–Crippen MR) is 91.9 cm³/mol. The standard InChI is InChI=1S/C21H30O2/c1-4-21(23)12-9-18-16-6-5-14-13-15(22)7-10-19(14,2)17(16)8-11-20(18,21)3/h5-6,13,16-18,23H,4,7-12H2,1-3H3/t16-,17+,18+,19+,20+,21-/m1/s1. The summed E-state index contributed by atoms with van der Waals surface area (Å²) >= 11 is 0. The quantitative estimate of drug-likeness (QED) is 0.777. The Hall–Kier alpha value is -0.890. The van der Waals surface area contributed by atoms with Crippen LogP contribution in [0.25, 0.3) is 0 Å². The Bertz CT molecular complexity index is 603. The highest BCUT2D eigenvalue weighted by Gasteiger charge is 2.62. The second-order valence-electron chi connectivity index (χ2n) is 9.01. The van der Waals surface area contributed by atoms with E-state index in [-0.39, 0.29) is 10.8 Å². The van der Waals surface area contributed by atoms with Crippen molar-refractivity contribution in [3.8, 4) is 0 Å². The predicted octanol–water partition coefficient (Wildman–Crippen LogP) is 4.44. The maximum absolute atomic E-state index is 11.8. The van der Waals surface area contributed by atoms with Crippen LogP contribution < -0.4 is 0 Å². The third-order valence-corrected chi connectivity index (χ3v) is 8.42. The third-order valence-electron chi connectivity index (χ3n) is 8.42. The minimum atomic E-state index is -0.476. The van der Waals surface area contributed by atoms with E-state index in [9.17, 15) is 9.90 Å². The van der Waals surface area contributed by atoms with Gasteiger partial charge in [0.1, 0.15) is 0 Å². The van der Waals surface area contributed by atoms with Crippen molar-refractivity contribution in [3.63, 3.8) is 0 Å². The van der Waals surface area contributed by atoms with Crippen LogP contribution in [0.3, 0.4) is 0 Å². The molecule has 0 aromatic heterocycles. The van der Waals surface area contributed by atoms with Crippen molar-refractivity contribution >= 4 is 5.78 Å². The van der Waals surface area contributed by atoms with Gasteiger partial charge in [-0.3, -0.25) is 4.79 Å². The van der Waals surface area contributed by atoms with Crippen LogP contribution in [0.4, 0.5) is 0 Å². The third kappa shape index (κ3) is 1.88. The molecule has 2 saturated carbocycles. The Morgan fingerprint density at radius 1 is 1.17 bits per heavy atom. The van der Waals surface area contributed by atoms with E-state index in [4.69, 9.17) is 0 Å². The second-order valence-corrected chi connectivity index (χ2v) is 9.01.